The van der Waals surface area contributed by atoms with Gasteiger partial charge < -0.3 is 0 Å². The van der Waals surface area contributed by atoms with Gasteiger partial charge in [0, 0.05) is 0 Å². The maximum Gasteiger partial charge on any atom is 0.0585 e. The average molecular weight is 240 g/mol. The van der Waals surface area contributed by atoms with Gasteiger partial charge in [0.15, 0.2) is 0 Å². The van der Waals surface area contributed by atoms with Gasteiger partial charge in [-0.3, -0.25) is 0 Å². The van der Waals surface area contributed by atoms with Crippen LogP contribution in [0.1, 0.15) is 32.6 Å². The largest absolute Gasteiger partial charge is 0.248 e. The molecule has 2 nitrogen and oxygen atoms in total. The number of isothiocyanates is 2. The SMILES string of the molecule is CCC1=CC(CN=C=S)CCC1.N=C=S. The molecule has 0 fully saturated rings. The first-order valence-corrected chi connectivity index (χ1v) is 5.87. The zero-order valence-corrected chi connectivity index (χ0v) is 10.6. The summed E-state index contributed by atoms with van der Waals surface area (Å²) in [6, 6.07) is 0. The predicted molar refractivity (Wildman–Crippen MR) is 70.9 cm³/mol. The topological polar surface area (TPSA) is 36.2 Å². The van der Waals surface area contributed by atoms with Gasteiger partial charge >= 0.3 is 0 Å². The van der Waals surface area contributed by atoms with E-state index in [1.165, 1.54) is 25.7 Å². The van der Waals surface area contributed by atoms with Crippen LogP contribution in [0.4, 0.5) is 0 Å². The van der Waals surface area contributed by atoms with E-state index in [1.807, 2.05) is 0 Å². The van der Waals surface area contributed by atoms with Crippen molar-refractivity contribution in [3.63, 3.8) is 0 Å². The van der Waals surface area contributed by atoms with Gasteiger partial charge in [-0.05, 0) is 56.0 Å². The first kappa shape index (κ1) is 14.3. The number of aliphatic imine (C=N–C) groups is 1. The van der Waals surface area contributed by atoms with Crippen molar-refractivity contribution in [3.05, 3.63) is 11.6 Å². The number of nitrogens with one attached hydrogen (secondary N) is 1. The lowest BCUT2D eigenvalue weighted by Crippen LogP contribution is -2.07. The van der Waals surface area contributed by atoms with Crippen LogP contribution in [-0.2, 0) is 0 Å². The molecule has 0 amide bonds. The lowest BCUT2D eigenvalue weighted by molar-refractivity contribution is 0.532. The molecule has 1 N–H and O–H groups in total. The second kappa shape index (κ2) is 9.88. The molecule has 1 atom stereocenters. The average Bonchev–Trinajstić information content (AvgIpc) is 2.28. The van der Waals surface area contributed by atoms with Gasteiger partial charge in [-0.15, -0.1) is 0 Å². The zero-order chi connectivity index (χ0) is 11.5. The summed E-state index contributed by atoms with van der Waals surface area (Å²) < 4.78 is 0. The number of hydrogen-bond donors (Lipinski definition) is 1. The number of allylic oxidation sites excluding steroid dienone is 1. The molecular weight excluding hydrogens is 224 g/mol. The second-order valence-electron chi connectivity index (χ2n) is 3.36. The first-order chi connectivity index (χ1) is 7.28. The van der Waals surface area contributed by atoms with Crippen molar-refractivity contribution < 1.29 is 0 Å². The van der Waals surface area contributed by atoms with Crippen molar-refractivity contribution in [2.45, 2.75) is 32.6 Å². The Morgan fingerprint density at radius 3 is 2.80 bits per heavy atom. The number of rotatable bonds is 3. The fraction of sp³-hybridized carbons (Fsp3) is 0.636. The Morgan fingerprint density at radius 1 is 1.60 bits per heavy atom. The number of thiocarbonyl (C=S) groups is 2. The Labute approximate surface area is 102 Å². The summed E-state index contributed by atoms with van der Waals surface area (Å²) in [5.41, 5.74) is 1.59. The Hall–Kier alpha value is -0.660. The molecule has 0 saturated heterocycles. The van der Waals surface area contributed by atoms with Crippen molar-refractivity contribution in [3.8, 4) is 0 Å². The minimum atomic E-state index is 0.629. The summed E-state index contributed by atoms with van der Waals surface area (Å²) in [6.45, 7) is 3.06. The fourth-order valence-corrected chi connectivity index (χ4v) is 1.76. The van der Waals surface area contributed by atoms with Gasteiger partial charge in [0.25, 0.3) is 0 Å². The van der Waals surface area contributed by atoms with E-state index in [4.69, 9.17) is 5.41 Å². The highest BCUT2D eigenvalue weighted by Gasteiger charge is 2.11. The van der Waals surface area contributed by atoms with Crippen molar-refractivity contribution >= 4 is 34.8 Å². The van der Waals surface area contributed by atoms with Crippen LogP contribution in [0.15, 0.2) is 16.6 Å². The van der Waals surface area contributed by atoms with Crippen LogP contribution in [0, 0.1) is 11.3 Å². The van der Waals surface area contributed by atoms with Gasteiger partial charge in [-0.1, -0.05) is 18.6 Å². The molecule has 0 aliphatic heterocycles. The monoisotopic (exact) mass is 240 g/mol. The Bertz CT molecular complexity index is 285. The third kappa shape index (κ3) is 7.29. The quantitative estimate of drug-likeness (QED) is 0.461. The molecule has 1 unspecified atom stereocenters. The maximum atomic E-state index is 5.77. The van der Waals surface area contributed by atoms with Gasteiger partial charge in [0.05, 0.1) is 16.9 Å². The molecule has 1 aliphatic carbocycles. The Balaban J connectivity index is 0.000000583. The molecule has 15 heavy (non-hydrogen) atoms. The normalized spacial score (nSPS) is 18.7. The minimum absolute atomic E-state index is 0.629. The maximum absolute atomic E-state index is 5.77. The third-order valence-corrected chi connectivity index (χ3v) is 2.52. The Morgan fingerprint density at radius 2 is 2.27 bits per heavy atom. The summed E-state index contributed by atoms with van der Waals surface area (Å²) in [6.07, 6.45) is 7.44. The third-order valence-electron chi connectivity index (χ3n) is 2.39. The minimum Gasteiger partial charge on any atom is -0.248 e. The van der Waals surface area contributed by atoms with Gasteiger partial charge in [0.2, 0.25) is 0 Å². The Kier molecular flexibility index (Phi) is 9.44. The first-order valence-electron chi connectivity index (χ1n) is 5.05. The van der Waals surface area contributed by atoms with Gasteiger partial charge in [-0.2, -0.15) is 0 Å². The molecule has 0 spiro atoms. The lowest BCUT2D eigenvalue weighted by Gasteiger charge is -2.18. The molecule has 0 aromatic heterocycles. The highest BCUT2D eigenvalue weighted by molar-refractivity contribution is 7.78. The fourth-order valence-electron chi connectivity index (χ4n) is 1.68. The van der Waals surface area contributed by atoms with E-state index in [0.717, 1.165) is 6.54 Å². The number of nitrogens with zero attached hydrogens (tertiary/aromatic N) is 1. The van der Waals surface area contributed by atoms with E-state index in [-0.39, 0.29) is 0 Å². The summed E-state index contributed by atoms with van der Waals surface area (Å²) in [7, 11) is 0. The summed E-state index contributed by atoms with van der Waals surface area (Å²) in [5.74, 6) is 0.629. The summed E-state index contributed by atoms with van der Waals surface area (Å²) in [4.78, 5) is 3.98. The van der Waals surface area contributed by atoms with E-state index in [0.29, 0.717) is 5.92 Å². The van der Waals surface area contributed by atoms with Crippen LogP contribution < -0.4 is 0 Å². The molecule has 0 saturated carbocycles. The van der Waals surface area contributed by atoms with E-state index < -0.39 is 0 Å². The van der Waals surface area contributed by atoms with Crippen LogP contribution in [-0.4, -0.2) is 16.9 Å². The smallest absolute Gasteiger partial charge is 0.0585 e. The molecule has 1 aliphatic rings. The van der Waals surface area contributed by atoms with E-state index >= 15 is 0 Å². The van der Waals surface area contributed by atoms with Crippen LogP contribution in [0.25, 0.3) is 0 Å². The molecular formula is C11H16N2S2. The van der Waals surface area contributed by atoms with Crippen molar-refractivity contribution in [2.75, 3.05) is 6.54 Å². The standard InChI is InChI=1S/C10H15NS.CHNS/c1-2-9-4-3-5-10(6-9)7-11-8-12;2-1-3/h6,10H,2-5,7H2,1H3;2H. The molecule has 82 valence electrons. The highest BCUT2D eigenvalue weighted by atomic mass is 32.1. The highest BCUT2D eigenvalue weighted by Crippen LogP contribution is 2.24. The summed E-state index contributed by atoms with van der Waals surface area (Å²) >= 11 is 8.35. The lowest BCUT2D eigenvalue weighted by atomic mass is 9.89. The predicted octanol–water partition coefficient (Wildman–Crippen LogP) is 3.89. The molecule has 0 radical (unpaired) electrons. The molecule has 0 aromatic carbocycles. The number of hydrogen-bond acceptors (Lipinski definition) is 4. The zero-order valence-electron chi connectivity index (χ0n) is 8.95. The van der Waals surface area contributed by atoms with E-state index in [9.17, 15) is 0 Å². The van der Waals surface area contributed by atoms with E-state index in [1.54, 1.807) is 10.7 Å². The van der Waals surface area contributed by atoms with Crippen LogP contribution in [0.5, 0.6) is 0 Å². The van der Waals surface area contributed by atoms with Crippen LogP contribution in [0.3, 0.4) is 0 Å². The van der Waals surface area contributed by atoms with Crippen LogP contribution >= 0.6 is 24.4 Å². The van der Waals surface area contributed by atoms with Crippen LogP contribution in [0.2, 0.25) is 0 Å². The van der Waals surface area contributed by atoms with Gasteiger partial charge in [-0.25, -0.2) is 10.4 Å². The van der Waals surface area contributed by atoms with E-state index in [2.05, 4.69) is 47.6 Å². The van der Waals surface area contributed by atoms with Gasteiger partial charge in [0.1, 0.15) is 0 Å². The summed E-state index contributed by atoms with van der Waals surface area (Å²) in [5, 5.41) is 9.78. The molecule has 1 rings (SSSR count). The molecule has 0 bridgehead atoms. The van der Waals surface area contributed by atoms with Crippen molar-refractivity contribution in [1.82, 2.24) is 0 Å². The second-order valence-corrected chi connectivity index (χ2v) is 3.75. The molecule has 4 heteroatoms. The molecule has 0 aromatic rings. The van der Waals surface area contributed by atoms with Crippen molar-refractivity contribution in [2.24, 2.45) is 10.9 Å². The molecule has 0 heterocycles. The van der Waals surface area contributed by atoms with Crippen molar-refractivity contribution in [1.29, 1.82) is 5.41 Å².